The number of anilines is 1. The van der Waals surface area contributed by atoms with Gasteiger partial charge in [-0.25, -0.2) is 9.97 Å². The first-order valence-electron chi connectivity index (χ1n) is 10.7. The first kappa shape index (κ1) is 21.6. The lowest BCUT2D eigenvalue weighted by molar-refractivity contribution is 0.102. The van der Waals surface area contributed by atoms with Gasteiger partial charge in [0.15, 0.2) is 0 Å². The first-order valence-corrected chi connectivity index (χ1v) is 11.1. The maximum Gasteiger partial charge on any atom is 0.255 e. The zero-order chi connectivity index (χ0) is 23.5. The third-order valence-corrected chi connectivity index (χ3v) is 5.67. The van der Waals surface area contributed by atoms with E-state index in [9.17, 15) is 4.79 Å². The summed E-state index contributed by atoms with van der Waals surface area (Å²) in [7, 11) is 1.54. The fourth-order valence-electron chi connectivity index (χ4n) is 3.76. The molecule has 1 aromatic heterocycles. The van der Waals surface area contributed by atoms with Gasteiger partial charge in [0.05, 0.1) is 35.2 Å². The van der Waals surface area contributed by atoms with Gasteiger partial charge in [0.1, 0.15) is 5.75 Å². The Kier molecular flexibility index (Phi) is 5.93. The normalized spacial score (nSPS) is 10.8. The highest BCUT2D eigenvalue weighted by atomic mass is 35.5. The number of nitrogens with zero attached hydrogens (tertiary/aromatic N) is 2. The van der Waals surface area contributed by atoms with Gasteiger partial charge in [-0.05, 0) is 36.4 Å². The van der Waals surface area contributed by atoms with Crippen LogP contribution in [0.3, 0.4) is 0 Å². The third-order valence-electron chi connectivity index (χ3n) is 5.43. The van der Waals surface area contributed by atoms with Crippen molar-refractivity contribution in [2.24, 2.45) is 0 Å². The highest BCUT2D eigenvalue weighted by Crippen LogP contribution is 2.32. The van der Waals surface area contributed by atoms with Crippen LogP contribution in [-0.2, 0) is 0 Å². The highest BCUT2D eigenvalue weighted by molar-refractivity contribution is 6.31. The quantitative estimate of drug-likeness (QED) is 0.307. The molecule has 0 aliphatic carbocycles. The van der Waals surface area contributed by atoms with Crippen LogP contribution in [0.15, 0.2) is 97.1 Å². The Morgan fingerprint density at radius 3 is 2.00 bits per heavy atom. The van der Waals surface area contributed by atoms with E-state index in [-0.39, 0.29) is 5.91 Å². The topological polar surface area (TPSA) is 64.1 Å². The molecule has 4 aromatic carbocycles. The molecule has 0 bridgehead atoms. The molecule has 1 amide bonds. The SMILES string of the molecule is COc1ccc(Cl)cc1NC(=O)c1ccc2nc(-c3ccccc3)c(-c3ccccc3)nc2c1. The predicted octanol–water partition coefficient (Wildman–Crippen LogP) is 6.88. The summed E-state index contributed by atoms with van der Waals surface area (Å²) in [6, 6.07) is 30.2. The van der Waals surface area contributed by atoms with Gasteiger partial charge in [-0.15, -0.1) is 0 Å². The average molecular weight is 466 g/mol. The maximum atomic E-state index is 13.0. The van der Waals surface area contributed by atoms with Crippen LogP contribution in [0.5, 0.6) is 5.75 Å². The number of methoxy groups -OCH3 is 1. The maximum absolute atomic E-state index is 13.0. The van der Waals surface area contributed by atoms with Gasteiger partial charge in [-0.1, -0.05) is 72.3 Å². The molecule has 1 N–H and O–H groups in total. The minimum atomic E-state index is -0.294. The summed E-state index contributed by atoms with van der Waals surface area (Å²) in [5.74, 6) is 0.231. The van der Waals surface area contributed by atoms with E-state index in [4.69, 9.17) is 26.3 Å². The molecule has 1 heterocycles. The molecule has 0 aliphatic heterocycles. The number of amides is 1. The number of ether oxygens (including phenoxy) is 1. The highest BCUT2D eigenvalue weighted by Gasteiger charge is 2.16. The Bertz CT molecular complexity index is 1490. The molecule has 0 unspecified atom stereocenters. The molecular formula is C28H20ClN3O2. The zero-order valence-corrected chi connectivity index (χ0v) is 19.1. The minimum absolute atomic E-state index is 0.294. The number of nitrogens with one attached hydrogen (secondary N) is 1. The summed E-state index contributed by atoms with van der Waals surface area (Å²) in [6.07, 6.45) is 0. The Balaban J connectivity index is 1.58. The van der Waals surface area contributed by atoms with Gasteiger partial charge in [0.2, 0.25) is 0 Å². The minimum Gasteiger partial charge on any atom is -0.495 e. The number of aromatic nitrogens is 2. The average Bonchev–Trinajstić information content (AvgIpc) is 2.88. The Labute approximate surface area is 202 Å². The van der Waals surface area contributed by atoms with Gasteiger partial charge < -0.3 is 10.1 Å². The summed E-state index contributed by atoms with van der Waals surface area (Å²) >= 11 is 6.10. The molecule has 5 aromatic rings. The zero-order valence-electron chi connectivity index (χ0n) is 18.3. The lowest BCUT2D eigenvalue weighted by atomic mass is 10.0. The van der Waals surface area contributed by atoms with Gasteiger partial charge >= 0.3 is 0 Å². The van der Waals surface area contributed by atoms with Gasteiger partial charge in [0.25, 0.3) is 5.91 Å². The molecule has 0 atom stereocenters. The third kappa shape index (κ3) is 4.34. The monoisotopic (exact) mass is 465 g/mol. The number of fused-ring (bicyclic) bond motifs is 1. The van der Waals surface area contributed by atoms with Gasteiger partial charge in [0, 0.05) is 21.7 Å². The van der Waals surface area contributed by atoms with Crippen LogP contribution in [-0.4, -0.2) is 23.0 Å². The van der Waals surface area contributed by atoms with Crippen molar-refractivity contribution in [2.45, 2.75) is 0 Å². The molecule has 0 spiro atoms. The number of hydrogen-bond donors (Lipinski definition) is 1. The van der Waals surface area contributed by atoms with Crippen molar-refractivity contribution in [3.8, 4) is 28.3 Å². The second-order valence-corrected chi connectivity index (χ2v) is 8.09. The van der Waals surface area contributed by atoms with Crippen LogP contribution in [0.25, 0.3) is 33.5 Å². The van der Waals surface area contributed by atoms with Crippen LogP contribution in [0.4, 0.5) is 5.69 Å². The van der Waals surface area contributed by atoms with Crippen molar-refractivity contribution in [1.29, 1.82) is 0 Å². The van der Waals surface area contributed by atoms with E-state index in [1.165, 1.54) is 0 Å². The fourth-order valence-corrected chi connectivity index (χ4v) is 3.93. The number of benzene rings is 4. The van der Waals surface area contributed by atoms with Crippen molar-refractivity contribution in [1.82, 2.24) is 9.97 Å². The van der Waals surface area contributed by atoms with Crippen molar-refractivity contribution in [2.75, 3.05) is 12.4 Å². The summed E-state index contributed by atoms with van der Waals surface area (Å²) in [4.78, 5) is 22.9. The predicted molar refractivity (Wildman–Crippen MR) is 136 cm³/mol. The van der Waals surface area contributed by atoms with E-state index in [1.54, 1.807) is 37.4 Å². The molecule has 0 saturated carbocycles. The molecular weight excluding hydrogens is 446 g/mol. The fraction of sp³-hybridized carbons (Fsp3) is 0.0357. The van der Waals surface area contributed by atoms with Crippen LogP contribution in [0, 0.1) is 0 Å². The summed E-state index contributed by atoms with van der Waals surface area (Å²) in [5, 5.41) is 3.37. The van der Waals surface area contributed by atoms with E-state index in [0.29, 0.717) is 33.1 Å². The molecule has 0 saturated heterocycles. The van der Waals surface area contributed by atoms with Crippen molar-refractivity contribution < 1.29 is 9.53 Å². The summed E-state index contributed by atoms with van der Waals surface area (Å²) in [5.41, 5.74) is 5.76. The van der Waals surface area contributed by atoms with E-state index in [0.717, 1.165) is 22.5 Å². The standard InChI is InChI=1S/C28H20ClN3O2/c1-34-25-15-13-21(29)17-24(25)32-28(33)20-12-14-22-23(16-20)31-27(19-10-6-3-7-11-19)26(30-22)18-8-4-2-5-9-18/h2-17H,1H3,(H,32,33). The van der Waals surface area contributed by atoms with Crippen LogP contribution < -0.4 is 10.1 Å². The molecule has 6 heteroatoms. The number of carbonyl (C=O) groups is 1. The van der Waals surface area contributed by atoms with Crippen molar-refractivity contribution in [3.63, 3.8) is 0 Å². The number of hydrogen-bond acceptors (Lipinski definition) is 4. The Morgan fingerprint density at radius 1 is 0.765 bits per heavy atom. The molecule has 5 rings (SSSR count). The number of halogens is 1. The largest absolute Gasteiger partial charge is 0.495 e. The van der Waals surface area contributed by atoms with Crippen LogP contribution >= 0.6 is 11.6 Å². The second kappa shape index (κ2) is 9.33. The van der Waals surface area contributed by atoms with Crippen LogP contribution in [0.1, 0.15) is 10.4 Å². The van der Waals surface area contributed by atoms with Crippen LogP contribution in [0.2, 0.25) is 5.02 Å². The first-order chi connectivity index (χ1) is 16.6. The van der Waals surface area contributed by atoms with Crippen molar-refractivity contribution in [3.05, 3.63) is 108 Å². The summed E-state index contributed by atoms with van der Waals surface area (Å²) in [6.45, 7) is 0. The Hall–Kier alpha value is -4.22. The molecule has 166 valence electrons. The van der Waals surface area contributed by atoms with E-state index >= 15 is 0 Å². The molecule has 0 aliphatic rings. The number of carbonyl (C=O) groups excluding carboxylic acids is 1. The van der Waals surface area contributed by atoms with E-state index < -0.39 is 0 Å². The second-order valence-electron chi connectivity index (χ2n) is 7.66. The van der Waals surface area contributed by atoms with Crippen molar-refractivity contribution >= 4 is 34.2 Å². The van der Waals surface area contributed by atoms with Gasteiger partial charge in [-0.2, -0.15) is 0 Å². The molecule has 0 radical (unpaired) electrons. The van der Waals surface area contributed by atoms with Gasteiger partial charge in [-0.3, -0.25) is 4.79 Å². The molecule has 34 heavy (non-hydrogen) atoms. The summed E-state index contributed by atoms with van der Waals surface area (Å²) < 4.78 is 5.33. The lowest BCUT2D eigenvalue weighted by Crippen LogP contribution is -2.13. The smallest absolute Gasteiger partial charge is 0.255 e. The Morgan fingerprint density at radius 2 is 1.38 bits per heavy atom. The molecule has 5 nitrogen and oxygen atoms in total. The van der Waals surface area contributed by atoms with E-state index in [1.807, 2.05) is 66.7 Å². The number of rotatable bonds is 5. The van der Waals surface area contributed by atoms with E-state index in [2.05, 4.69) is 5.32 Å². The molecule has 0 fully saturated rings. The lowest BCUT2D eigenvalue weighted by Gasteiger charge is -2.12.